The van der Waals surface area contributed by atoms with E-state index in [1.807, 2.05) is 32.0 Å². The molecule has 0 aliphatic carbocycles. The number of amides is 2. The molecular formula is C16H22FN3O3. The van der Waals surface area contributed by atoms with E-state index in [1.165, 1.54) is 11.0 Å². The summed E-state index contributed by atoms with van der Waals surface area (Å²) in [6.07, 6.45) is -0.0709. The summed E-state index contributed by atoms with van der Waals surface area (Å²) in [6, 6.07) is 4.16. The summed E-state index contributed by atoms with van der Waals surface area (Å²) in [5.74, 6) is -0.883. The van der Waals surface area contributed by atoms with E-state index < -0.39 is 23.9 Å². The topological polar surface area (TPSA) is 72.9 Å². The first-order chi connectivity index (χ1) is 10.8. The number of carboxylic acid groups (broad SMARTS) is 1. The highest BCUT2D eigenvalue weighted by molar-refractivity contribution is 6.00. The Hall–Kier alpha value is -2.15. The van der Waals surface area contributed by atoms with Gasteiger partial charge in [-0.3, -0.25) is 4.79 Å². The van der Waals surface area contributed by atoms with Crippen molar-refractivity contribution in [3.8, 4) is 0 Å². The van der Waals surface area contributed by atoms with Gasteiger partial charge in [-0.15, -0.1) is 0 Å². The van der Waals surface area contributed by atoms with Gasteiger partial charge in [0, 0.05) is 12.6 Å². The molecule has 0 saturated carbocycles. The molecule has 1 aromatic rings. The second kappa shape index (κ2) is 6.95. The molecule has 126 valence electrons. The maximum atomic E-state index is 14.5. The smallest absolute Gasteiger partial charge is 0.405 e. The number of hydrogen-bond donors (Lipinski definition) is 2. The number of carbonyl (C=O) groups excluding carboxylic acids is 1. The Morgan fingerprint density at radius 2 is 2.22 bits per heavy atom. The third-order valence-electron chi connectivity index (χ3n) is 4.16. The summed E-state index contributed by atoms with van der Waals surface area (Å²) in [7, 11) is 3.87. The monoisotopic (exact) mass is 323 g/mol. The van der Waals surface area contributed by atoms with E-state index in [1.54, 1.807) is 6.07 Å². The van der Waals surface area contributed by atoms with Crippen molar-refractivity contribution < 1.29 is 19.1 Å². The minimum atomic E-state index is -1.25. The molecule has 23 heavy (non-hydrogen) atoms. The predicted molar refractivity (Wildman–Crippen MR) is 85.0 cm³/mol. The molecule has 7 heteroatoms. The van der Waals surface area contributed by atoms with Crippen LogP contribution in [0.4, 0.5) is 14.9 Å². The van der Waals surface area contributed by atoms with E-state index in [4.69, 9.17) is 5.11 Å². The summed E-state index contributed by atoms with van der Waals surface area (Å²) in [5.41, 5.74) is 1.05. The van der Waals surface area contributed by atoms with Crippen LogP contribution in [-0.4, -0.2) is 48.7 Å². The van der Waals surface area contributed by atoms with Gasteiger partial charge in [-0.05, 0) is 44.6 Å². The van der Waals surface area contributed by atoms with Crippen molar-refractivity contribution >= 4 is 17.7 Å². The van der Waals surface area contributed by atoms with Crippen LogP contribution in [0, 0.1) is 5.82 Å². The molecule has 1 unspecified atom stereocenters. The Balaban J connectivity index is 2.22. The molecule has 2 rings (SSSR count). The lowest BCUT2D eigenvalue weighted by molar-refractivity contribution is -0.118. The quantitative estimate of drug-likeness (QED) is 0.871. The first kappa shape index (κ1) is 17.2. The molecule has 1 saturated heterocycles. The lowest BCUT2D eigenvalue weighted by Crippen LogP contribution is -2.41. The van der Waals surface area contributed by atoms with Gasteiger partial charge in [0.1, 0.15) is 11.9 Å². The number of nitrogens with one attached hydrogen (secondary N) is 1. The Kier molecular flexibility index (Phi) is 5.20. The van der Waals surface area contributed by atoms with Gasteiger partial charge in [0.25, 0.3) is 0 Å². The van der Waals surface area contributed by atoms with Crippen LogP contribution in [0.3, 0.4) is 0 Å². The number of carbonyl (C=O) groups is 2. The fourth-order valence-corrected chi connectivity index (χ4v) is 3.05. The zero-order valence-corrected chi connectivity index (χ0v) is 13.5. The summed E-state index contributed by atoms with van der Waals surface area (Å²) in [6.45, 7) is 2.33. The summed E-state index contributed by atoms with van der Waals surface area (Å²) < 4.78 is 14.5. The lowest BCUT2D eigenvalue weighted by Gasteiger charge is -2.24. The van der Waals surface area contributed by atoms with Crippen molar-refractivity contribution in [3.63, 3.8) is 0 Å². The van der Waals surface area contributed by atoms with Gasteiger partial charge >= 0.3 is 6.09 Å². The molecular weight excluding hydrogens is 301 g/mol. The van der Waals surface area contributed by atoms with Crippen LogP contribution in [0.5, 0.6) is 0 Å². The molecule has 0 aromatic heterocycles. The van der Waals surface area contributed by atoms with Gasteiger partial charge in [-0.25, -0.2) is 9.18 Å². The largest absolute Gasteiger partial charge is 0.465 e. The van der Waals surface area contributed by atoms with Crippen molar-refractivity contribution in [2.45, 2.75) is 31.8 Å². The normalized spacial score (nSPS) is 19.3. The number of hydrogen-bond acceptors (Lipinski definition) is 3. The zero-order valence-electron chi connectivity index (χ0n) is 13.5. The maximum Gasteiger partial charge on any atom is 0.405 e. The molecule has 6 nitrogen and oxygen atoms in total. The third-order valence-corrected chi connectivity index (χ3v) is 4.16. The maximum absolute atomic E-state index is 14.5. The van der Waals surface area contributed by atoms with Crippen molar-refractivity contribution in [3.05, 3.63) is 29.6 Å². The lowest BCUT2D eigenvalue weighted by atomic mass is 10.0. The minimum Gasteiger partial charge on any atom is -0.465 e. The Morgan fingerprint density at radius 3 is 2.74 bits per heavy atom. The van der Waals surface area contributed by atoms with Crippen molar-refractivity contribution in [1.29, 1.82) is 0 Å². The number of rotatable bonds is 5. The minimum absolute atomic E-state index is 0.106. The van der Waals surface area contributed by atoms with Gasteiger partial charge < -0.3 is 20.2 Å². The summed E-state index contributed by atoms with van der Waals surface area (Å²) >= 11 is 0. The van der Waals surface area contributed by atoms with Crippen LogP contribution >= 0.6 is 0 Å². The summed E-state index contributed by atoms with van der Waals surface area (Å²) in [4.78, 5) is 26.2. The van der Waals surface area contributed by atoms with E-state index in [2.05, 4.69) is 5.32 Å². The molecule has 0 bridgehead atoms. The van der Waals surface area contributed by atoms with Crippen LogP contribution in [0.25, 0.3) is 0 Å². The highest BCUT2D eigenvalue weighted by Gasteiger charge is 2.35. The van der Waals surface area contributed by atoms with Gasteiger partial charge in [0.05, 0.1) is 5.69 Å². The molecule has 1 heterocycles. The number of nitrogens with zero attached hydrogens (tertiary/aromatic N) is 2. The Labute approximate surface area is 134 Å². The third kappa shape index (κ3) is 3.61. The zero-order chi connectivity index (χ0) is 17.1. The molecule has 1 aromatic carbocycles. The molecule has 2 amide bonds. The Bertz CT molecular complexity index is 606. The molecule has 2 atom stereocenters. The van der Waals surface area contributed by atoms with Crippen LogP contribution < -0.4 is 10.2 Å². The average Bonchev–Trinajstić information content (AvgIpc) is 2.80. The highest BCUT2D eigenvalue weighted by Crippen LogP contribution is 2.29. The molecule has 0 spiro atoms. The van der Waals surface area contributed by atoms with Crippen LogP contribution in [0.2, 0.25) is 0 Å². The number of benzene rings is 1. The molecule has 1 aliphatic rings. The number of halogens is 1. The van der Waals surface area contributed by atoms with Gasteiger partial charge in [-0.1, -0.05) is 13.0 Å². The predicted octanol–water partition coefficient (Wildman–Crippen LogP) is 2.21. The second-order valence-corrected chi connectivity index (χ2v) is 5.88. The molecule has 1 aliphatic heterocycles. The standard InChI is InChI=1S/C16H22FN3O3/c1-4-13(19(2)3)10-5-6-14(11(17)9-10)20-8-7-12(15(20)21)18-16(22)23/h5-6,9,12-13,18H,4,7-8H2,1-3H3,(H,22,23)/t12-,13?/m0/s1. The van der Waals surface area contributed by atoms with Gasteiger partial charge in [0.15, 0.2) is 0 Å². The van der Waals surface area contributed by atoms with E-state index in [-0.39, 0.29) is 11.7 Å². The van der Waals surface area contributed by atoms with E-state index in [9.17, 15) is 14.0 Å². The average molecular weight is 323 g/mol. The van der Waals surface area contributed by atoms with Crippen molar-refractivity contribution in [1.82, 2.24) is 10.2 Å². The van der Waals surface area contributed by atoms with E-state index in [0.717, 1.165) is 12.0 Å². The van der Waals surface area contributed by atoms with Crippen molar-refractivity contribution in [2.75, 3.05) is 25.5 Å². The number of anilines is 1. The van der Waals surface area contributed by atoms with Gasteiger partial charge in [-0.2, -0.15) is 0 Å². The fourth-order valence-electron chi connectivity index (χ4n) is 3.05. The van der Waals surface area contributed by atoms with E-state index in [0.29, 0.717) is 13.0 Å². The highest BCUT2D eigenvalue weighted by atomic mass is 19.1. The first-order valence-electron chi connectivity index (χ1n) is 7.61. The molecule has 1 fully saturated rings. The van der Waals surface area contributed by atoms with Gasteiger partial charge in [0.2, 0.25) is 5.91 Å². The van der Waals surface area contributed by atoms with Crippen LogP contribution in [0.15, 0.2) is 18.2 Å². The fraction of sp³-hybridized carbons (Fsp3) is 0.500. The molecule has 2 N–H and O–H groups in total. The molecule has 0 radical (unpaired) electrons. The second-order valence-electron chi connectivity index (χ2n) is 5.88. The van der Waals surface area contributed by atoms with E-state index >= 15 is 0 Å². The SMILES string of the molecule is CCC(c1ccc(N2CC[C@H](NC(=O)O)C2=O)c(F)c1)N(C)C. The van der Waals surface area contributed by atoms with Crippen LogP contribution in [-0.2, 0) is 4.79 Å². The van der Waals surface area contributed by atoms with Crippen molar-refractivity contribution in [2.24, 2.45) is 0 Å². The summed E-state index contributed by atoms with van der Waals surface area (Å²) in [5, 5.41) is 10.9. The first-order valence-corrected chi connectivity index (χ1v) is 7.61. The Morgan fingerprint density at radius 1 is 1.52 bits per heavy atom. The van der Waals surface area contributed by atoms with Crippen LogP contribution in [0.1, 0.15) is 31.4 Å².